The van der Waals surface area contributed by atoms with E-state index in [1.165, 1.54) is 12.1 Å². The van der Waals surface area contributed by atoms with Gasteiger partial charge in [-0.1, -0.05) is 6.07 Å². The lowest BCUT2D eigenvalue weighted by atomic mass is 10.2. The third-order valence-electron chi connectivity index (χ3n) is 2.41. The predicted molar refractivity (Wildman–Crippen MR) is 70.9 cm³/mol. The number of hydrogen-bond donors (Lipinski definition) is 3. The highest BCUT2D eigenvalue weighted by molar-refractivity contribution is 7.89. The van der Waals surface area contributed by atoms with Crippen LogP contribution in [0.15, 0.2) is 23.1 Å². The Hall–Kier alpha value is -1.53. The van der Waals surface area contributed by atoms with Crippen molar-refractivity contribution < 1.29 is 17.9 Å². The van der Waals surface area contributed by atoms with Crippen LogP contribution < -0.4 is 10.0 Å². The molecule has 3 N–H and O–H groups in total. The molecule has 0 saturated heterocycles. The van der Waals surface area contributed by atoms with Crippen LogP contribution in [0.2, 0.25) is 0 Å². The minimum Gasteiger partial charge on any atom is -0.392 e. The first-order valence-electron chi connectivity index (χ1n) is 5.95. The van der Waals surface area contributed by atoms with Crippen LogP contribution in [-0.2, 0) is 10.0 Å². The van der Waals surface area contributed by atoms with Crippen LogP contribution in [0.4, 0.5) is 4.39 Å². The fourth-order valence-corrected chi connectivity index (χ4v) is 2.70. The minimum absolute atomic E-state index is 0.0659. The average molecular weight is 301 g/mol. The molecular formula is C12H16FN3O3S. The predicted octanol–water partition coefficient (Wildman–Crippen LogP) is -0.0539. The van der Waals surface area contributed by atoms with Gasteiger partial charge in [0, 0.05) is 19.6 Å². The van der Waals surface area contributed by atoms with Crippen molar-refractivity contribution in [3.8, 4) is 6.07 Å². The van der Waals surface area contributed by atoms with Crippen molar-refractivity contribution in [3.63, 3.8) is 0 Å². The smallest absolute Gasteiger partial charge is 0.242 e. The maximum absolute atomic E-state index is 13.4. The van der Waals surface area contributed by atoms with Gasteiger partial charge in [0.1, 0.15) is 22.3 Å². The van der Waals surface area contributed by atoms with Crippen LogP contribution in [0.1, 0.15) is 12.5 Å². The molecule has 1 aromatic rings. The van der Waals surface area contributed by atoms with Crippen LogP contribution >= 0.6 is 0 Å². The molecule has 0 saturated carbocycles. The first-order chi connectivity index (χ1) is 9.38. The third-order valence-corrected chi connectivity index (χ3v) is 3.91. The Bertz CT molecular complexity index is 596. The fourth-order valence-electron chi connectivity index (χ4n) is 1.50. The van der Waals surface area contributed by atoms with Gasteiger partial charge in [-0.15, -0.1) is 0 Å². The second-order valence-electron chi connectivity index (χ2n) is 4.18. The fraction of sp³-hybridized carbons (Fsp3) is 0.417. The van der Waals surface area contributed by atoms with E-state index in [-0.39, 0.29) is 11.4 Å². The molecule has 110 valence electrons. The van der Waals surface area contributed by atoms with E-state index in [2.05, 4.69) is 10.0 Å². The number of rotatable bonds is 7. The zero-order valence-corrected chi connectivity index (χ0v) is 11.7. The summed E-state index contributed by atoms with van der Waals surface area (Å²) in [4.78, 5) is -0.379. The van der Waals surface area contributed by atoms with E-state index in [0.717, 1.165) is 6.07 Å². The number of nitriles is 1. The van der Waals surface area contributed by atoms with Crippen LogP contribution in [-0.4, -0.2) is 39.3 Å². The monoisotopic (exact) mass is 301 g/mol. The highest BCUT2D eigenvalue weighted by Gasteiger charge is 2.20. The zero-order chi connectivity index (χ0) is 15.2. The van der Waals surface area contributed by atoms with E-state index >= 15 is 0 Å². The molecule has 0 aliphatic carbocycles. The van der Waals surface area contributed by atoms with E-state index in [9.17, 15) is 12.8 Å². The van der Waals surface area contributed by atoms with Crippen molar-refractivity contribution in [2.45, 2.75) is 17.9 Å². The largest absolute Gasteiger partial charge is 0.392 e. The van der Waals surface area contributed by atoms with Gasteiger partial charge in [0.25, 0.3) is 0 Å². The van der Waals surface area contributed by atoms with Gasteiger partial charge in [-0.05, 0) is 19.1 Å². The van der Waals surface area contributed by atoms with E-state index in [1.54, 1.807) is 13.0 Å². The lowest BCUT2D eigenvalue weighted by molar-refractivity contribution is 0.192. The van der Waals surface area contributed by atoms with Gasteiger partial charge in [-0.25, -0.2) is 17.5 Å². The average Bonchev–Trinajstić information content (AvgIpc) is 2.37. The Morgan fingerprint density at radius 2 is 2.15 bits per heavy atom. The number of aliphatic hydroxyl groups is 1. The first kappa shape index (κ1) is 16.5. The van der Waals surface area contributed by atoms with E-state index in [4.69, 9.17) is 10.4 Å². The first-order valence-corrected chi connectivity index (χ1v) is 7.44. The van der Waals surface area contributed by atoms with Gasteiger partial charge in [0.15, 0.2) is 0 Å². The molecule has 1 atom stereocenters. The summed E-state index contributed by atoms with van der Waals surface area (Å²) in [7, 11) is -3.94. The van der Waals surface area contributed by atoms with Crippen LogP contribution in [0.5, 0.6) is 0 Å². The Labute approximate surface area is 117 Å². The number of nitrogens with one attached hydrogen (secondary N) is 2. The summed E-state index contributed by atoms with van der Waals surface area (Å²) in [5.74, 6) is -0.873. The summed E-state index contributed by atoms with van der Waals surface area (Å²) in [6, 6.07) is 4.98. The molecule has 0 amide bonds. The van der Waals surface area contributed by atoms with Crippen molar-refractivity contribution in [1.29, 1.82) is 5.26 Å². The van der Waals surface area contributed by atoms with Crippen molar-refractivity contribution >= 4 is 10.0 Å². The Morgan fingerprint density at radius 1 is 1.45 bits per heavy atom. The molecule has 1 rings (SSSR count). The minimum atomic E-state index is -3.94. The lowest BCUT2D eigenvalue weighted by Gasteiger charge is -2.10. The number of benzene rings is 1. The number of nitrogens with zero attached hydrogens (tertiary/aromatic N) is 1. The van der Waals surface area contributed by atoms with Gasteiger partial charge in [0.2, 0.25) is 10.0 Å². The van der Waals surface area contributed by atoms with Crippen LogP contribution in [0.25, 0.3) is 0 Å². The molecule has 0 spiro atoms. The van der Waals surface area contributed by atoms with Crippen LogP contribution in [0, 0.1) is 17.1 Å². The highest BCUT2D eigenvalue weighted by atomic mass is 32.2. The molecule has 6 nitrogen and oxygen atoms in total. The summed E-state index contributed by atoms with van der Waals surface area (Å²) in [6.07, 6.45) is -0.528. The molecule has 0 aromatic heterocycles. The molecular weight excluding hydrogens is 285 g/mol. The maximum atomic E-state index is 13.4. The zero-order valence-electron chi connectivity index (χ0n) is 10.9. The van der Waals surface area contributed by atoms with Gasteiger partial charge in [-0.2, -0.15) is 5.26 Å². The maximum Gasteiger partial charge on any atom is 0.242 e. The second-order valence-corrected chi connectivity index (χ2v) is 5.91. The summed E-state index contributed by atoms with van der Waals surface area (Å²) in [6.45, 7) is 2.31. The van der Waals surface area contributed by atoms with Gasteiger partial charge >= 0.3 is 0 Å². The summed E-state index contributed by atoms with van der Waals surface area (Å²) < 4.78 is 39.5. The molecule has 0 radical (unpaired) electrons. The summed E-state index contributed by atoms with van der Waals surface area (Å²) in [5, 5.41) is 20.7. The molecule has 0 fully saturated rings. The Kier molecular flexibility index (Phi) is 6.04. The quantitative estimate of drug-likeness (QED) is 0.613. The lowest BCUT2D eigenvalue weighted by Crippen LogP contribution is -2.34. The topological polar surface area (TPSA) is 102 Å². The van der Waals surface area contributed by atoms with E-state index in [1.807, 2.05) is 0 Å². The molecule has 0 heterocycles. The van der Waals surface area contributed by atoms with Gasteiger partial charge < -0.3 is 10.4 Å². The SMILES string of the molecule is CC(O)CNCCNS(=O)(=O)c1cccc(F)c1C#N. The summed E-state index contributed by atoms with van der Waals surface area (Å²) in [5.41, 5.74) is -0.503. The van der Waals surface area contributed by atoms with Gasteiger partial charge in [-0.3, -0.25) is 0 Å². The van der Waals surface area contributed by atoms with E-state index < -0.39 is 27.5 Å². The Morgan fingerprint density at radius 3 is 2.75 bits per heavy atom. The van der Waals surface area contributed by atoms with Crippen molar-refractivity contribution in [2.24, 2.45) is 0 Å². The number of halogens is 1. The number of hydrogen-bond acceptors (Lipinski definition) is 5. The van der Waals surface area contributed by atoms with Crippen molar-refractivity contribution in [1.82, 2.24) is 10.0 Å². The van der Waals surface area contributed by atoms with Crippen molar-refractivity contribution in [2.75, 3.05) is 19.6 Å². The van der Waals surface area contributed by atoms with Gasteiger partial charge in [0.05, 0.1) is 6.10 Å². The Balaban J connectivity index is 2.71. The standard InChI is InChI=1S/C12H16FN3O3S/c1-9(17)8-15-5-6-16-20(18,19)12-4-2-3-11(13)10(12)7-14/h2-4,9,15-17H,5-6,8H2,1H3. The number of sulfonamides is 1. The molecule has 20 heavy (non-hydrogen) atoms. The summed E-state index contributed by atoms with van der Waals surface area (Å²) >= 11 is 0. The molecule has 8 heteroatoms. The van der Waals surface area contributed by atoms with E-state index in [0.29, 0.717) is 13.1 Å². The number of aliphatic hydroxyl groups excluding tert-OH is 1. The highest BCUT2D eigenvalue weighted by Crippen LogP contribution is 2.17. The molecule has 0 bridgehead atoms. The normalized spacial score (nSPS) is 12.9. The second kappa shape index (κ2) is 7.31. The van der Waals surface area contributed by atoms with Crippen molar-refractivity contribution in [3.05, 3.63) is 29.6 Å². The van der Waals surface area contributed by atoms with Crippen LogP contribution in [0.3, 0.4) is 0 Å². The molecule has 0 aliphatic rings. The third kappa shape index (κ3) is 4.54. The molecule has 1 aromatic carbocycles. The molecule has 1 unspecified atom stereocenters. The molecule has 0 aliphatic heterocycles.